The largest absolute Gasteiger partial charge is 0.389 e. The molecule has 0 fully saturated rings. The van der Waals surface area contributed by atoms with Gasteiger partial charge < -0.3 is 10.4 Å². The van der Waals surface area contributed by atoms with E-state index in [4.69, 9.17) is 0 Å². The second-order valence-electron chi connectivity index (χ2n) is 5.46. The number of aliphatic hydroxyl groups is 1. The summed E-state index contributed by atoms with van der Waals surface area (Å²) < 4.78 is 0. The smallest absolute Gasteiger partial charge is 0.228 e. The molecular weight excluding hydrogens is 262 g/mol. The molecule has 0 bridgehead atoms. The van der Waals surface area contributed by atoms with Crippen LogP contribution in [0.2, 0.25) is 0 Å². The van der Waals surface area contributed by atoms with Crippen molar-refractivity contribution in [2.24, 2.45) is 0 Å². The van der Waals surface area contributed by atoms with Gasteiger partial charge in [0.05, 0.1) is 12.5 Å². The van der Waals surface area contributed by atoms with E-state index in [0.717, 1.165) is 22.3 Å². The Hall–Kier alpha value is -2.13. The molecule has 0 saturated carbocycles. The van der Waals surface area contributed by atoms with Gasteiger partial charge in [-0.2, -0.15) is 0 Å². The molecule has 21 heavy (non-hydrogen) atoms. The van der Waals surface area contributed by atoms with E-state index in [1.54, 1.807) is 13.0 Å². The van der Waals surface area contributed by atoms with Gasteiger partial charge >= 0.3 is 0 Å². The van der Waals surface area contributed by atoms with Crippen LogP contribution in [-0.2, 0) is 11.2 Å². The van der Waals surface area contributed by atoms with Crippen LogP contribution in [0.5, 0.6) is 0 Å². The van der Waals surface area contributed by atoms with E-state index in [9.17, 15) is 9.90 Å². The van der Waals surface area contributed by atoms with Crippen molar-refractivity contribution in [2.75, 3.05) is 5.32 Å². The van der Waals surface area contributed by atoms with Gasteiger partial charge in [-0.05, 0) is 49.6 Å². The molecule has 2 rings (SSSR count). The summed E-state index contributed by atoms with van der Waals surface area (Å²) in [5, 5.41) is 12.5. The Balaban J connectivity index is 2.08. The van der Waals surface area contributed by atoms with E-state index < -0.39 is 6.10 Å². The quantitative estimate of drug-likeness (QED) is 0.901. The molecule has 1 atom stereocenters. The fraction of sp³-hybridized carbons (Fsp3) is 0.278. The van der Waals surface area contributed by atoms with Crippen LogP contribution in [0.15, 0.2) is 42.5 Å². The van der Waals surface area contributed by atoms with Gasteiger partial charge in [0.15, 0.2) is 0 Å². The Morgan fingerprint density at radius 2 is 1.95 bits per heavy atom. The molecule has 0 aliphatic heterocycles. The Bertz CT molecular complexity index is 647. The van der Waals surface area contributed by atoms with Crippen LogP contribution in [0.3, 0.4) is 0 Å². The van der Waals surface area contributed by atoms with Crippen molar-refractivity contribution < 1.29 is 9.90 Å². The Kier molecular flexibility index (Phi) is 4.76. The van der Waals surface area contributed by atoms with Crippen molar-refractivity contribution in [3.8, 4) is 0 Å². The minimum absolute atomic E-state index is 0.0496. The molecule has 3 nitrogen and oxygen atoms in total. The summed E-state index contributed by atoms with van der Waals surface area (Å²) in [5.74, 6) is -0.0496. The minimum atomic E-state index is -0.541. The zero-order chi connectivity index (χ0) is 15.4. The first kappa shape index (κ1) is 15.3. The topological polar surface area (TPSA) is 49.3 Å². The minimum Gasteiger partial charge on any atom is -0.389 e. The normalized spacial score (nSPS) is 12.0. The van der Waals surface area contributed by atoms with E-state index in [2.05, 4.69) is 5.32 Å². The second kappa shape index (κ2) is 6.55. The molecule has 2 N–H and O–H groups in total. The maximum absolute atomic E-state index is 12.2. The summed E-state index contributed by atoms with van der Waals surface area (Å²) in [6.07, 6.45) is -0.187. The van der Waals surface area contributed by atoms with Crippen molar-refractivity contribution in [3.63, 3.8) is 0 Å². The lowest BCUT2D eigenvalue weighted by Crippen LogP contribution is -2.15. The highest BCUT2D eigenvalue weighted by atomic mass is 16.3. The van der Waals surface area contributed by atoms with Crippen LogP contribution < -0.4 is 5.32 Å². The number of carbonyl (C=O) groups is 1. The van der Waals surface area contributed by atoms with Crippen molar-refractivity contribution >= 4 is 11.6 Å². The number of carbonyl (C=O) groups excluding carboxylic acids is 1. The molecule has 0 aliphatic carbocycles. The monoisotopic (exact) mass is 283 g/mol. The molecule has 2 aromatic rings. The van der Waals surface area contributed by atoms with Gasteiger partial charge in [0.25, 0.3) is 0 Å². The molecule has 110 valence electrons. The highest BCUT2D eigenvalue weighted by Crippen LogP contribution is 2.18. The number of nitrogens with one attached hydrogen (secondary N) is 1. The van der Waals surface area contributed by atoms with Gasteiger partial charge in [0, 0.05) is 5.69 Å². The van der Waals surface area contributed by atoms with Gasteiger partial charge in [-0.1, -0.05) is 35.9 Å². The first-order chi connectivity index (χ1) is 9.95. The standard InChI is InChI=1S/C18H21NO2/c1-12-7-8-13(2)16(9-12)11-18(21)19-17-6-4-5-15(10-17)14(3)20/h4-10,14,20H,11H2,1-3H3,(H,19,21). The van der Waals surface area contributed by atoms with Gasteiger partial charge in [-0.15, -0.1) is 0 Å². The van der Waals surface area contributed by atoms with E-state index in [0.29, 0.717) is 12.1 Å². The van der Waals surface area contributed by atoms with Gasteiger partial charge in [-0.3, -0.25) is 4.79 Å². The third-order valence-corrected chi connectivity index (χ3v) is 3.51. The van der Waals surface area contributed by atoms with Crippen LogP contribution in [-0.4, -0.2) is 11.0 Å². The fourth-order valence-electron chi connectivity index (χ4n) is 2.25. The number of amides is 1. The number of hydrogen-bond donors (Lipinski definition) is 2. The highest BCUT2D eigenvalue weighted by molar-refractivity contribution is 5.92. The number of anilines is 1. The Labute approximate surface area is 125 Å². The third-order valence-electron chi connectivity index (χ3n) is 3.51. The molecular formula is C18H21NO2. The summed E-state index contributed by atoms with van der Waals surface area (Å²) in [6.45, 7) is 5.74. The predicted octanol–water partition coefficient (Wildman–Crippen LogP) is 3.54. The molecule has 1 unspecified atom stereocenters. The molecule has 0 saturated heterocycles. The summed E-state index contributed by atoms with van der Waals surface area (Å²) in [5.41, 5.74) is 4.82. The van der Waals surface area contributed by atoms with E-state index in [-0.39, 0.29) is 5.91 Å². The second-order valence-corrected chi connectivity index (χ2v) is 5.46. The molecule has 0 spiro atoms. The summed E-state index contributed by atoms with van der Waals surface area (Å²) in [4.78, 5) is 12.2. The van der Waals surface area contributed by atoms with Crippen molar-refractivity contribution in [2.45, 2.75) is 33.3 Å². The summed E-state index contributed by atoms with van der Waals surface area (Å²) in [7, 11) is 0. The third kappa shape index (κ3) is 4.17. The highest BCUT2D eigenvalue weighted by Gasteiger charge is 2.08. The Morgan fingerprint density at radius 1 is 1.19 bits per heavy atom. The molecule has 1 amide bonds. The lowest BCUT2D eigenvalue weighted by molar-refractivity contribution is -0.115. The van der Waals surface area contributed by atoms with Crippen LogP contribution in [0.4, 0.5) is 5.69 Å². The zero-order valence-electron chi connectivity index (χ0n) is 12.7. The zero-order valence-corrected chi connectivity index (χ0v) is 12.7. The summed E-state index contributed by atoms with van der Waals surface area (Å²) >= 11 is 0. The molecule has 0 radical (unpaired) electrons. The predicted molar refractivity (Wildman–Crippen MR) is 85.3 cm³/mol. The van der Waals surface area contributed by atoms with Crippen LogP contribution in [0.1, 0.15) is 35.3 Å². The van der Waals surface area contributed by atoms with Crippen LogP contribution >= 0.6 is 0 Å². The van der Waals surface area contributed by atoms with E-state index in [1.165, 1.54) is 0 Å². The lowest BCUT2D eigenvalue weighted by atomic mass is 10.0. The van der Waals surface area contributed by atoms with Gasteiger partial charge in [-0.25, -0.2) is 0 Å². The van der Waals surface area contributed by atoms with Gasteiger partial charge in [0.1, 0.15) is 0 Å². The maximum atomic E-state index is 12.2. The first-order valence-electron chi connectivity index (χ1n) is 7.09. The number of aryl methyl sites for hydroxylation is 2. The summed E-state index contributed by atoms with van der Waals surface area (Å²) in [6, 6.07) is 13.4. The average Bonchev–Trinajstić information content (AvgIpc) is 2.43. The molecule has 2 aromatic carbocycles. The van der Waals surface area contributed by atoms with Crippen molar-refractivity contribution in [1.82, 2.24) is 0 Å². The van der Waals surface area contributed by atoms with Gasteiger partial charge in [0.2, 0.25) is 5.91 Å². The number of benzene rings is 2. The lowest BCUT2D eigenvalue weighted by Gasteiger charge is -2.10. The van der Waals surface area contributed by atoms with E-state index in [1.807, 2.05) is 50.2 Å². The molecule has 3 heteroatoms. The van der Waals surface area contributed by atoms with Crippen LogP contribution in [0, 0.1) is 13.8 Å². The number of hydrogen-bond acceptors (Lipinski definition) is 2. The average molecular weight is 283 g/mol. The number of aliphatic hydroxyl groups excluding tert-OH is 1. The SMILES string of the molecule is Cc1ccc(C)c(CC(=O)Nc2cccc(C(C)O)c2)c1. The molecule has 0 heterocycles. The first-order valence-corrected chi connectivity index (χ1v) is 7.09. The Morgan fingerprint density at radius 3 is 2.67 bits per heavy atom. The van der Waals surface area contributed by atoms with Crippen LogP contribution in [0.25, 0.3) is 0 Å². The van der Waals surface area contributed by atoms with E-state index >= 15 is 0 Å². The molecule has 0 aromatic heterocycles. The van der Waals surface area contributed by atoms with Crippen molar-refractivity contribution in [3.05, 3.63) is 64.7 Å². The van der Waals surface area contributed by atoms with Crippen molar-refractivity contribution in [1.29, 1.82) is 0 Å². The fourth-order valence-corrected chi connectivity index (χ4v) is 2.25. The maximum Gasteiger partial charge on any atom is 0.228 e. The number of rotatable bonds is 4. The molecule has 0 aliphatic rings.